The molecule has 0 aliphatic rings. The van der Waals surface area contributed by atoms with Gasteiger partial charge < -0.3 is 5.32 Å². The Morgan fingerprint density at radius 3 is 2.58 bits per heavy atom. The van der Waals surface area contributed by atoms with E-state index in [0.29, 0.717) is 11.3 Å². The second kappa shape index (κ2) is 8.50. The van der Waals surface area contributed by atoms with Crippen molar-refractivity contribution in [1.29, 1.82) is 5.26 Å². The Hall–Kier alpha value is -3.82. The molecule has 0 aliphatic carbocycles. The molecular weight excluding hydrogens is 420 g/mol. The molecule has 0 spiro atoms. The van der Waals surface area contributed by atoms with Crippen molar-refractivity contribution in [1.82, 2.24) is 10.3 Å². The number of nitriles is 1. The number of carbonyl (C=O) groups is 1. The summed E-state index contributed by atoms with van der Waals surface area (Å²) in [6.45, 7) is 0. The lowest BCUT2D eigenvalue weighted by atomic mass is 9.98. The van der Waals surface area contributed by atoms with Crippen LogP contribution in [0, 0.1) is 23.0 Å². The van der Waals surface area contributed by atoms with Crippen LogP contribution in [0.2, 0.25) is 5.02 Å². The highest BCUT2D eigenvalue weighted by molar-refractivity contribution is 6.30. The van der Waals surface area contributed by atoms with Crippen molar-refractivity contribution in [3.63, 3.8) is 0 Å². The van der Waals surface area contributed by atoms with Gasteiger partial charge in [-0.15, -0.1) is 0 Å². The van der Waals surface area contributed by atoms with Gasteiger partial charge in [0.05, 0.1) is 22.3 Å². The summed E-state index contributed by atoms with van der Waals surface area (Å²) in [6, 6.07) is 18.0. The first-order valence-corrected chi connectivity index (χ1v) is 9.65. The highest BCUT2D eigenvalue weighted by atomic mass is 35.5. The second-order valence-electron chi connectivity index (χ2n) is 6.80. The minimum Gasteiger partial charge on any atom is -0.340 e. The number of benzene rings is 3. The molecule has 7 heteroatoms. The second-order valence-corrected chi connectivity index (χ2v) is 7.21. The first-order valence-electron chi connectivity index (χ1n) is 9.27. The molecular formula is C24H14ClF2N3O. The standard InChI is InChI=1S/C24H14ClF2N3O/c25-19-8-7-15(11-21(19)27)22(23-18-4-2-1-3-14(18)9-10-29-23)30-24(31)16-5-6-17(13-28)20(26)12-16/h1-12,22H,(H,30,31). The molecule has 31 heavy (non-hydrogen) atoms. The van der Waals surface area contributed by atoms with Crippen LogP contribution in [0.15, 0.2) is 72.9 Å². The number of halogens is 3. The van der Waals surface area contributed by atoms with Crippen LogP contribution in [0.25, 0.3) is 10.8 Å². The summed E-state index contributed by atoms with van der Waals surface area (Å²) in [5.74, 6) is -2.03. The monoisotopic (exact) mass is 433 g/mol. The van der Waals surface area contributed by atoms with Gasteiger partial charge in [-0.1, -0.05) is 41.9 Å². The largest absolute Gasteiger partial charge is 0.340 e. The zero-order chi connectivity index (χ0) is 22.0. The van der Waals surface area contributed by atoms with Crippen molar-refractivity contribution >= 4 is 28.3 Å². The number of rotatable bonds is 4. The van der Waals surface area contributed by atoms with Gasteiger partial charge in [-0.25, -0.2) is 8.78 Å². The quantitative estimate of drug-likeness (QED) is 0.458. The summed E-state index contributed by atoms with van der Waals surface area (Å²) in [5, 5.41) is 13.3. The summed E-state index contributed by atoms with van der Waals surface area (Å²) >= 11 is 5.83. The molecule has 0 radical (unpaired) electrons. The highest BCUT2D eigenvalue weighted by Gasteiger charge is 2.23. The SMILES string of the molecule is N#Cc1ccc(C(=O)NC(c2ccc(Cl)c(F)c2)c2nccc3ccccc23)cc1F. The van der Waals surface area contributed by atoms with Crippen LogP contribution in [-0.2, 0) is 0 Å². The van der Waals surface area contributed by atoms with E-state index < -0.39 is 23.6 Å². The Bertz CT molecular complexity index is 1350. The van der Waals surface area contributed by atoms with Crippen molar-refractivity contribution < 1.29 is 13.6 Å². The molecule has 0 fully saturated rings. The fourth-order valence-electron chi connectivity index (χ4n) is 3.34. The van der Waals surface area contributed by atoms with E-state index in [1.54, 1.807) is 18.3 Å². The van der Waals surface area contributed by atoms with Gasteiger partial charge in [-0.05, 0) is 47.3 Å². The van der Waals surface area contributed by atoms with Crippen LogP contribution < -0.4 is 5.32 Å². The van der Waals surface area contributed by atoms with Gasteiger partial charge in [0.1, 0.15) is 17.7 Å². The summed E-state index contributed by atoms with van der Waals surface area (Å²) in [4.78, 5) is 17.4. The number of carbonyl (C=O) groups excluding carboxylic acids is 1. The maximum atomic E-state index is 14.2. The Kier molecular flexibility index (Phi) is 5.61. The van der Waals surface area contributed by atoms with Crippen molar-refractivity contribution in [2.24, 2.45) is 0 Å². The molecule has 1 N–H and O–H groups in total. The lowest BCUT2D eigenvalue weighted by Gasteiger charge is -2.21. The molecule has 0 bridgehead atoms. The first-order chi connectivity index (χ1) is 15.0. The molecule has 4 rings (SSSR count). The molecule has 1 atom stereocenters. The van der Waals surface area contributed by atoms with Crippen LogP contribution in [0.1, 0.15) is 33.2 Å². The fraction of sp³-hybridized carbons (Fsp3) is 0.0417. The topological polar surface area (TPSA) is 65.8 Å². The molecule has 0 saturated heterocycles. The average Bonchev–Trinajstić information content (AvgIpc) is 2.79. The van der Waals surface area contributed by atoms with E-state index in [1.807, 2.05) is 30.3 Å². The zero-order valence-corrected chi connectivity index (χ0v) is 16.7. The van der Waals surface area contributed by atoms with Crippen molar-refractivity contribution in [3.8, 4) is 6.07 Å². The van der Waals surface area contributed by atoms with Gasteiger partial charge in [-0.2, -0.15) is 5.26 Å². The van der Waals surface area contributed by atoms with Gasteiger partial charge in [0.15, 0.2) is 0 Å². The molecule has 1 unspecified atom stereocenters. The molecule has 1 aromatic heterocycles. The zero-order valence-electron chi connectivity index (χ0n) is 15.9. The Balaban J connectivity index is 1.81. The predicted molar refractivity (Wildman–Crippen MR) is 114 cm³/mol. The van der Waals surface area contributed by atoms with Gasteiger partial charge in [0, 0.05) is 17.1 Å². The van der Waals surface area contributed by atoms with Crippen molar-refractivity contribution in [3.05, 3.63) is 112 Å². The van der Waals surface area contributed by atoms with Crippen molar-refractivity contribution in [2.75, 3.05) is 0 Å². The molecule has 4 nitrogen and oxygen atoms in total. The third kappa shape index (κ3) is 4.09. The van der Waals surface area contributed by atoms with Gasteiger partial charge in [0.25, 0.3) is 5.91 Å². The molecule has 4 aromatic rings. The van der Waals surface area contributed by atoms with E-state index >= 15 is 0 Å². The number of aromatic nitrogens is 1. The maximum absolute atomic E-state index is 14.2. The van der Waals surface area contributed by atoms with Gasteiger partial charge in [-0.3, -0.25) is 9.78 Å². The average molecular weight is 434 g/mol. The Morgan fingerprint density at radius 1 is 1.03 bits per heavy atom. The predicted octanol–water partition coefficient (Wildman–Crippen LogP) is 5.56. The third-order valence-corrected chi connectivity index (χ3v) is 5.19. The number of hydrogen-bond acceptors (Lipinski definition) is 3. The van der Waals surface area contributed by atoms with E-state index in [0.717, 1.165) is 16.8 Å². The van der Waals surface area contributed by atoms with Gasteiger partial charge in [0.2, 0.25) is 0 Å². The van der Waals surface area contributed by atoms with Crippen molar-refractivity contribution in [2.45, 2.75) is 6.04 Å². The fourth-order valence-corrected chi connectivity index (χ4v) is 3.45. The van der Waals surface area contributed by atoms with E-state index in [9.17, 15) is 13.6 Å². The van der Waals surface area contributed by atoms with Crippen LogP contribution in [0.5, 0.6) is 0 Å². The number of hydrogen-bond donors (Lipinski definition) is 1. The summed E-state index contributed by atoms with van der Waals surface area (Å²) in [7, 11) is 0. The number of pyridine rings is 1. The lowest BCUT2D eigenvalue weighted by Crippen LogP contribution is -2.30. The Labute approximate surface area is 181 Å². The summed E-state index contributed by atoms with van der Waals surface area (Å²) in [5.41, 5.74) is 0.787. The third-order valence-electron chi connectivity index (χ3n) is 4.88. The van der Waals surface area contributed by atoms with Gasteiger partial charge >= 0.3 is 0 Å². The highest BCUT2D eigenvalue weighted by Crippen LogP contribution is 2.29. The smallest absolute Gasteiger partial charge is 0.252 e. The van der Waals surface area contributed by atoms with E-state index in [1.165, 1.54) is 24.3 Å². The number of amides is 1. The lowest BCUT2D eigenvalue weighted by molar-refractivity contribution is 0.0942. The molecule has 0 aliphatic heterocycles. The molecule has 3 aromatic carbocycles. The number of nitrogens with one attached hydrogen (secondary N) is 1. The minimum absolute atomic E-state index is 0.0242. The normalized spacial score (nSPS) is 11.7. The molecule has 0 saturated carbocycles. The summed E-state index contributed by atoms with van der Waals surface area (Å²) < 4.78 is 28.2. The van der Waals surface area contributed by atoms with Crippen LogP contribution in [0.4, 0.5) is 8.78 Å². The number of nitrogens with zero attached hydrogens (tertiary/aromatic N) is 2. The molecule has 152 valence electrons. The Morgan fingerprint density at radius 2 is 1.84 bits per heavy atom. The summed E-state index contributed by atoms with van der Waals surface area (Å²) in [6.07, 6.45) is 1.60. The molecule has 1 amide bonds. The van der Waals surface area contributed by atoms with Crippen LogP contribution in [-0.4, -0.2) is 10.9 Å². The van der Waals surface area contributed by atoms with E-state index in [4.69, 9.17) is 16.9 Å². The number of fused-ring (bicyclic) bond motifs is 1. The van der Waals surface area contributed by atoms with E-state index in [2.05, 4.69) is 10.3 Å². The van der Waals surface area contributed by atoms with Crippen LogP contribution >= 0.6 is 11.6 Å². The molecule has 1 heterocycles. The maximum Gasteiger partial charge on any atom is 0.252 e. The first kappa shape index (κ1) is 20.5. The minimum atomic E-state index is -0.830. The van der Waals surface area contributed by atoms with E-state index in [-0.39, 0.29) is 16.1 Å². The van der Waals surface area contributed by atoms with Crippen LogP contribution in [0.3, 0.4) is 0 Å².